The summed E-state index contributed by atoms with van der Waals surface area (Å²) in [5, 5.41) is 11.8. The fraction of sp³-hybridized carbons (Fsp3) is 0.0909. The third kappa shape index (κ3) is 3.27. The standard InChI is InChI=1S/C22H16N2O4/c1-14-19-8-7-16(17-5-3-9-23-13-17)12-21(19)28-22(25)20(14)11-15-4-2-6-18(10-15)24(26)27/h2-10,12-13H,11H2,1H3. The predicted octanol–water partition coefficient (Wildman–Crippen LogP) is 4.66. The van der Waals surface area contributed by atoms with Crippen LogP contribution >= 0.6 is 0 Å². The van der Waals surface area contributed by atoms with Gasteiger partial charge >= 0.3 is 5.63 Å². The van der Waals surface area contributed by atoms with Crippen LogP contribution in [0.3, 0.4) is 0 Å². The summed E-state index contributed by atoms with van der Waals surface area (Å²) in [4.78, 5) is 27.3. The van der Waals surface area contributed by atoms with E-state index in [0.29, 0.717) is 16.7 Å². The number of pyridine rings is 1. The molecule has 0 atom stereocenters. The van der Waals surface area contributed by atoms with Gasteiger partial charge in [-0.15, -0.1) is 0 Å². The van der Waals surface area contributed by atoms with Gasteiger partial charge in [-0.3, -0.25) is 15.1 Å². The Hall–Kier alpha value is -3.80. The molecule has 0 saturated heterocycles. The zero-order valence-corrected chi connectivity index (χ0v) is 15.1. The highest BCUT2D eigenvalue weighted by atomic mass is 16.6. The molecule has 0 aliphatic rings. The van der Waals surface area contributed by atoms with Gasteiger partial charge in [0.15, 0.2) is 0 Å². The van der Waals surface area contributed by atoms with Gasteiger partial charge in [0, 0.05) is 47.5 Å². The molecule has 0 amide bonds. The SMILES string of the molecule is Cc1c(Cc2cccc([N+](=O)[O-])c2)c(=O)oc2cc(-c3cccnc3)ccc12. The third-order valence-electron chi connectivity index (χ3n) is 4.78. The first-order chi connectivity index (χ1) is 13.5. The summed E-state index contributed by atoms with van der Waals surface area (Å²) < 4.78 is 5.58. The van der Waals surface area contributed by atoms with Gasteiger partial charge in [0.2, 0.25) is 0 Å². The first-order valence-corrected chi connectivity index (χ1v) is 8.73. The molecule has 2 aromatic carbocycles. The van der Waals surface area contributed by atoms with Crippen LogP contribution in [0, 0.1) is 17.0 Å². The summed E-state index contributed by atoms with van der Waals surface area (Å²) in [6, 6.07) is 15.8. The molecule has 6 heteroatoms. The lowest BCUT2D eigenvalue weighted by Gasteiger charge is -2.09. The zero-order valence-electron chi connectivity index (χ0n) is 15.1. The first-order valence-electron chi connectivity index (χ1n) is 8.73. The number of nitro benzene ring substituents is 1. The van der Waals surface area contributed by atoms with Gasteiger partial charge < -0.3 is 4.42 Å². The van der Waals surface area contributed by atoms with E-state index in [1.165, 1.54) is 12.1 Å². The summed E-state index contributed by atoms with van der Waals surface area (Å²) >= 11 is 0. The Morgan fingerprint density at radius 1 is 1.07 bits per heavy atom. The Morgan fingerprint density at radius 2 is 1.93 bits per heavy atom. The van der Waals surface area contributed by atoms with E-state index in [4.69, 9.17) is 4.42 Å². The zero-order chi connectivity index (χ0) is 19.7. The highest BCUT2D eigenvalue weighted by Gasteiger charge is 2.14. The summed E-state index contributed by atoms with van der Waals surface area (Å²) in [5.74, 6) is 0. The molecule has 0 bridgehead atoms. The van der Waals surface area contributed by atoms with Gasteiger partial charge in [0.05, 0.1) is 4.92 Å². The lowest BCUT2D eigenvalue weighted by molar-refractivity contribution is -0.384. The number of benzene rings is 2. The lowest BCUT2D eigenvalue weighted by Crippen LogP contribution is -2.11. The van der Waals surface area contributed by atoms with Crippen molar-refractivity contribution in [2.75, 3.05) is 0 Å². The molecule has 0 aliphatic heterocycles. The smallest absolute Gasteiger partial charge is 0.340 e. The predicted molar refractivity (Wildman–Crippen MR) is 106 cm³/mol. The van der Waals surface area contributed by atoms with Crippen LogP contribution in [0.5, 0.6) is 0 Å². The maximum absolute atomic E-state index is 12.6. The summed E-state index contributed by atoms with van der Waals surface area (Å²) in [7, 11) is 0. The Morgan fingerprint density at radius 3 is 2.68 bits per heavy atom. The van der Waals surface area contributed by atoms with Crippen molar-refractivity contribution >= 4 is 16.7 Å². The molecule has 0 spiro atoms. The fourth-order valence-corrected chi connectivity index (χ4v) is 3.30. The van der Waals surface area contributed by atoms with Crippen LogP contribution in [0.1, 0.15) is 16.7 Å². The van der Waals surface area contributed by atoms with Crippen LogP contribution in [-0.2, 0) is 6.42 Å². The highest BCUT2D eigenvalue weighted by Crippen LogP contribution is 2.27. The van der Waals surface area contributed by atoms with Gasteiger partial charge in [-0.1, -0.05) is 30.3 Å². The topological polar surface area (TPSA) is 86.2 Å². The van der Waals surface area contributed by atoms with Gasteiger partial charge in [-0.2, -0.15) is 0 Å². The maximum atomic E-state index is 12.6. The molecule has 28 heavy (non-hydrogen) atoms. The Bertz CT molecular complexity index is 1250. The average molecular weight is 372 g/mol. The number of non-ortho nitro benzene ring substituents is 1. The molecule has 4 aromatic rings. The molecule has 0 saturated carbocycles. The molecule has 0 unspecified atom stereocenters. The molecule has 0 N–H and O–H groups in total. The number of rotatable bonds is 4. The van der Waals surface area contributed by atoms with Crippen molar-refractivity contribution < 1.29 is 9.34 Å². The van der Waals surface area contributed by atoms with Crippen molar-refractivity contribution in [3.8, 4) is 11.1 Å². The largest absolute Gasteiger partial charge is 0.422 e. The van der Waals surface area contributed by atoms with Crippen molar-refractivity contribution in [2.45, 2.75) is 13.3 Å². The average Bonchev–Trinajstić information content (AvgIpc) is 2.71. The number of fused-ring (bicyclic) bond motifs is 1. The van der Waals surface area contributed by atoms with Gasteiger partial charge in [0.1, 0.15) is 5.58 Å². The van der Waals surface area contributed by atoms with E-state index in [-0.39, 0.29) is 12.1 Å². The minimum absolute atomic E-state index is 0.00134. The van der Waals surface area contributed by atoms with Crippen molar-refractivity contribution in [3.05, 3.63) is 104 Å². The second kappa shape index (κ2) is 7.08. The van der Waals surface area contributed by atoms with E-state index in [2.05, 4.69) is 4.98 Å². The molecule has 138 valence electrons. The van der Waals surface area contributed by atoms with E-state index >= 15 is 0 Å². The van der Waals surface area contributed by atoms with Crippen LogP contribution in [-0.4, -0.2) is 9.91 Å². The van der Waals surface area contributed by atoms with E-state index in [1.54, 1.807) is 24.5 Å². The molecular formula is C22H16N2O4. The third-order valence-corrected chi connectivity index (χ3v) is 4.78. The van der Waals surface area contributed by atoms with E-state index in [0.717, 1.165) is 22.1 Å². The number of aromatic nitrogens is 1. The Kier molecular flexibility index (Phi) is 4.45. The van der Waals surface area contributed by atoms with Crippen molar-refractivity contribution in [1.29, 1.82) is 0 Å². The lowest BCUT2D eigenvalue weighted by atomic mass is 9.98. The fourth-order valence-electron chi connectivity index (χ4n) is 3.30. The van der Waals surface area contributed by atoms with Gasteiger partial charge in [-0.25, -0.2) is 4.79 Å². The summed E-state index contributed by atoms with van der Waals surface area (Å²) in [6.45, 7) is 1.87. The molecule has 4 rings (SSSR count). The van der Waals surface area contributed by atoms with E-state index in [1.807, 2.05) is 37.3 Å². The molecule has 2 aromatic heterocycles. The van der Waals surface area contributed by atoms with Crippen LogP contribution in [0.15, 0.2) is 76.2 Å². The normalized spacial score (nSPS) is 10.9. The molecule has 2 heterocycles. The van der Waals surface area contributed by atoms with Crippen LogP contribution in [0.25, 0.3) is 22.1 Å². The number of hydrogen-bond donors (Lipinski definition) is 0. The molecule has 0 radical (unpaired) electrons. The maximum Gasteiger partial charge on any atom is 0.340 e. The van der Waals surface area contributed by atoms with E-state index in [9.17, 15) is 14.9 Å². The van der Waals surface area contributed by atoms with Gasteiger partial charge in [0.25, 0.3) is 5.69 Å². The number of hydrogen-bond acceptors (Lipinski definition) is 5. The Labute approximate surface area is 160 Å². The van der Waals surface area contributed by atoms with Crippen LogP contribution < -0.4 is 5.63 Å². The second-order valence-corrected chi connectivity index (χ2v) is 6.55. The van der Waals surface area contributed by atoms with Gasteiger partial charge in [-0.05, 0) is 35.7 Å². The Balaban J connectivity index is 1.77. The summed E-state index contributed by atoms with van der Waals surface area (Å²) in [5.41, 5.74) is 3.93. The first kappa shape index (κ1) is 17.6. The number of aryl methyl sites for hydroxylation is 1. The van der Waals surface area contributed by atoms with Crippen molar-refractivity contribution in [1.82, 2.24) is 4.98 Å². The molecule has 0 fully saturated rings. The minimum Gasteiger partial charge on any atom is -0.422 e. The second-order valence-electron chi connectivity index (χ2n) is 6.55. The van der Waals surface area contributed by atoms with Crippen LogP contribution in [0.4, 0.5) is 5.69 Å². The molecule has 0 aliphatic carbocycles. The molecule has 6 nitrogen and oxygen atoms in total. The number of nitro groups is 1. The number of nitrogens with zero attached hydrogens (tertiary/aromatic N) is 2. The molecular weight excluding hydrogens is 356 g/mol. The van der Waals surface area contributed by atoms with Crippen LogP contribution in [0.2, 0.25) is 0 Å². The van der Waals surface area contributed by atoms with E-state index < -0.39 is 10.5 Å². The minimum atomic E-state index is -0.445. The summed E-state index contributed by atoms with van der Waals surface area (Å²) in [6.07, 6.45) is 3.73. The quantitative estimate of drug-likeness (QED) is 0.295. The van der Waals surface area contributed by atoms with Crippen molar-refractivity contribution in [2.24, 2.45) is 0 Å². The highest BCUT2D eigenvalue weighted by molar-refractivity contribution is 5.85. The van der Waals surface area contributed by atoms with Crippen molar-refractivity contribution in [3.63, 3.8) is 0 Å². The monoisotopic (exact) mass is 372 g/mol.